The molecule has 0 saturated heterocycles. The third-order valence-corrected chi connectivity index (χ3v) is 2.95. The van der Waals surface area contributed by atoms with E-state index in [2.05, 4.69) is 35.2 Å². The van der Waals surface area contributed by atoms with Gasteiger partial charge >= 0.3 is 0 Å². The van der Waals surface area contributed by atoms with Crippen molar-refractivity contribution < 1.29 is 0 Å². The second kappa shape index (κ2) is 4.01. The minimum absolute atomic E-state index is 1.04. The maximum Gasteiger partial charge on any atom is 0.0741 e. The second-order valence-electron chi connectivity index (χ2n) is 4.01. The van der Waals surface area contributed by atoms with Crippen molar-refractivity contribution >= 4 is 10.9 Å². The van der Waals surface area contributed by atoms with Crippen molar-refractivity contribution in [1.29, 1.82) is 0 Å². The molecule has 0 atom stereocenters. The minimum atomic E-state index is 1.04. The van der Waals surface area contributed by atoms with Gasteiger partial charge in [0.05, 0.1) is 17.4 Å². The molecule has 3 rings (SSSR count). The molecule has 3 nitrogen and oxygen atoms in total. The molecular weight excluding hydrogens is 210 g/mol. The number of hydrogen-bond acceptors (Lipinski definition) is 2. The summed E-state index contributed by atoms with van der Waals surface area (Å²) < 4.78 is 1.94. The SMILES string of the molecule is CCc1ccc2c(cnn2-c2ccncc2)c1. The molecule has 0 radical (unpaired) electrons. The molecule has 0 aliphatic rings. The van der Waals surface area contributed by atoms with Crippen molar-refractivity contribution in [3.63, 3.8) is 0 Å². The topological polar surface area (TPSA) is 30.7 Å². The zero-order valence-corrected chi connectivity index (χ0v) is 9.67. The molecule has 0 aliphatic carbocycles. The Kier molecular flexibility index (Phi) is 2.37. The van der Waals surface area contributed by atoms with Crippen molar-refractivity contribution in [2.75, 3.05) is 0 Å². The lowest BCUT2D eigenvalue weighted by Crippen LogP contribution is -1.95. The van der Waals surface area contributed by atoms with Gasteiger partial charge in [0.1, 0.15) is 0 Å². The Labute approximate surface area is 99.7 Å². The molecule has 0 spiro atoms. The van der Waals surface area contributed by atoms with Crippen molar-refractivity contribution in [2.24, 2.45) is 0 Å². The highest BCUT2D eigenvalue weighted by atomic mass is 15.3. The number of pyridine rings is 1. The van der Waals surface area contributed by atoms with Gasteiger partial charge in [-0.05, 0) is 36.2 Å². The molecule has 1 aromatic carbocycles. The number of fused-ring (bicyclic) bond motifs is 1. The Morgan fingerprint density at radius 1 is 1.12 bits per heavy atom. The lowest BCUT2D eigenvalue weighted by atomic mass is 10.1. The van der Waals surface area contributed by atoms with Crippen molar-refractivity contribution in [3.8, 4) is 5.69 Å². The van der Waals surface area contributed by atoms with Crippen molar-refractivity contribution in [2.45, 2.75) is 13.3 Å². The number of rotatable bonds is 2. The first-order chi connectivity index (χ1) is 8.38. The summed E-state index contributed by atoms with van der Waals surface area (Å²) in [5.41, 5.74) is 3.51. The van der Waals surface area contributed by atoms with Gasteiger partial charge in [0.15, 0.2) is 0 Å². The van der Waals surface area contributed by atoms with E-state index in [0.29, 0.717) is 0 Å². The monoisotopic (exact) mass is 223 g/mol. The summed E-state index contributed by atoms with van der Waals surface area (Å²) >= 11 is 0. The van der Waals surface area contributed by atoms with Crippen LogP contribution in [-0.4, -0.2) is 14.8 Å². The van der Waals surface area contributed by atoms with E-state index in [-0.39, 0.29) is 0 Å². The summed E-state index contributed by atoms with van der Waals surface area (Å²) in [4.78, 5) is 4.02. The Balaban J connectivity index is 2.19. The highest BCUT2D eigenvalue weighted by Crippen LogP contribution is 2.19. The maximum absolute atomic E-state index is 4.43. The molecule has 0 bridgehead atoms. The van der Waals surface area contributed by atoms with Crippen LogP contribution >= 0.6 is 0 Å². The summed E-state index contributed by atoms with van der Waals surface area (Å²) in [6.07, 6.45) is 6.53. The fourth-order valence-corrected chi connectivity index (χ4v) is 1.99. The third-order valence-electron chi connectivity index (χ3n) is 2.95. The molecule has 0 fully saturated rings. The summed E-state index contributed by atoms with van der Waals surface area (Å²) in [5, 5.41) is 5.61. The van der Waals surface area contributed by atoms with Gasteiger partial charge in [0.2, 0.25) is 0 Å². The molecule has 2 aromatic heterocycles. The molecule has 0 saturated carbocycles. The first kappa shape index (κ1) is 10.0. The average Bonchev–Trinajstić information content (AvgIpc) is 2.82. The van der Waals surface area contributed by atoms with E-state index in [4.69, 9.17) is 0 Å². The van der Waals surface area contributed by atoms with Crippen LogP contribution < -0.4 is 0 Å². The van der Waals surface area contributed by atoms with E-state index in [0.717, 1.165) is 17.6 Å². The summed E-state index contributed by atoms with van der Waals surface area (Å²) in [7, 11) is 0. The van der Waals surface area contributed by atoms with E-state index in [1.54, 1.807) is 12.4 Å². The van der Waals surface area contributed by atoms with Crippen molar-refractivity contribution in [3.05, 3.63) is 54.5 Å². The summed E-state index contributed by atoms with van der Waals surface area (Å²) in [6.45, 7) is 2.16. The second-order valence-corrected chi connectivity index (χ2v) is 4.01. The van der Waals surface area contributed by atoms with Crippen LogP contribution in [0.15, 0.2) is 48.9 Å². The third kappa shape index (κ3) is 1.69. The van der Waals surface area contributed by atoms with Crippen LogP contribution in [0.3, 0.4) is 0 Å². The molecule has 0 amide bonds. The number of aromatic nitrogens is 3. The molecule has 2 heterocycles. The number of benzene rings is 1. The highest BCUT2D eigenvalue weighted by Gasteiger charge is 2.04. The zero-order chi connectivity index (χ0) is 11.7. The van der Waals surface area contributed by atoms with E-state index < -0.39 is 0 Å². The van der Waals surface area contributed by atoms with Gasteiger partial charge in [-0.3, -0.25) is 4.98 Å². The molecule has 0 aliphatic heterocycles. The van der Waals surface area contributed by atoms with E-state index in [1.165, 1.54) is 10.9 Å². The Hall–Kier alpha value is -2.16. The van der Waals surface area contributed by atoms with Crippen LogP contribution in [-0.2, 0) is 6.42 Å². The lowest BCUT2D eigenvalue weighted by Gasteiger charge is -2.03. The summed E-state index contributed by atoms with van der Waals surface area (Å²) in [5.74, 6) is 0. The van der Waals surface area contributed by atoms with Crippen LogP contribution in [0.25, 0.3) is 16.6 Å². The van der Waals surface area contributed by atoms with Crippen LogP contribution in [0.4, 0.5) is 0 Å². The molecular formula is C14H13N3. The smallest absolute Gasteiger partial charge is 0.0741 e. The largest absolute Gasteiger partial charge is 0.265 e. The van der Waals surface area contributed by atoms with Crippen LogP contribution in [0.2, 0.25) is 0 Å². The molecule has 84 valence electrons. The van der Waals surface area contributed by atoms with E-state index in [1.807, 2.05) is 23.0 Å². The van der Waals surface area contributed by atoms with Gasteiger partial charge in [-0.1, -0.05) is 13.0 Å². The fraction of sp³-hybridized carbons (Fsp3) is 0.143. The number of aryl methyl sites for hydroxylation is 1. The van der Waals surface area contributed by atoms with Crippen molar-refractivity contribution in [1.82, 2.24) is 14.8 Å². The Bertz CT molecular complexity index is 641. The fourth-order valence-electron chi connectivity index (χ4n) is 1.99. The van der Waals surface area contributed by atoms with Crippen LogP contribution in [0, 0.1) is 0 Å². The van der Waals surface area contributed by atoms with Crippen LogP contribution in [0.1, 0.15) is 12.5 Å². The van der Waals surface area contributed by atoms with Gasteiger partial charge in [-0.2, -0.15) is 5.10 Å². The number of nitrogens with zero attached hydrogens (tertiary/aromatic N) is 3. The molecule has 3 heteroatoms. The number of hydrogen-bond donors (Lipinski definition) is 0. The predicted octanol–water partition coefficient (Wildman–Crippen LogP) is 2.98. The van der Waals surface area contributed by atoms with Gasteiger partial charge < -0.3 is 0 Å². The normalized spacial score (nSPS) is 10.9. The van der Waals surface area contributed by atoms with Gasteiger partial charge in [-0.25, -0.2) is 4.68 Å². The molecule has 0 N–H and O–H groups in total. The Morgan fingerprint density at radius 2 is 1.94 bits per heavy atom. The lowest BCUT2D eigenvalue weighted by molar-refractivity contribution is 0.907. The maximum atomic E-state index is 4.43. The Morgan fingerprint density at radius 3 is 2.71 bits per heavy atom. The van der Waals surface area contributed by atoms with E-state index >= 15 is 0 Å². The average molecular weight is 223 g/mol. The van der Waals surface area contributed by atoms with Gasteiger partial charge in [0, 0.05) is 17.8 Å². The standard InChI is InChI=1S/C14H13N3/c1-2-11-3-4-14-12(9-11)10-16-17(14)13-5-7-15-8-6-13/h3-10H,2H2,1H3. The van der Waals surface area contributed by atoms with Gasteiger partial charge in [0.25, 0.3) is 0 Å². The first-order valence-electron chi connectivity index (χ1n) is 5.75. The minimum Gasteiger partial charge on any atom is -0.265 e. The predicted molar refractivity (Wildman–Crippen MR) is 68.2 cm³/mol. The summed E-state index contributed by atoms with van der Waals surface area (Å²) in [6, 6.07) is 10.4. The molecule has 3 aromatic rings. The van der Waals surface area contributed by atoms with E-state index in [9.17, 15) is 0 Å². The molecule has 0 unspecified atom stereocenters. The quantitative estimate of drug-likeness (QED) is 0.668. The molecule has 17 heavy (non-hydrogen) atoms. The van der Waals surface area contributed by atoms with Gasteiger partial charge in [-0.15, -0.1) is 0 Å². The first-order valence-corrected chi connectivity index (χ1v) is 5.75. The highest BCUT2D eigenvalue weighted by molar-refractivity contribution is 5.80. The zero-order valence-electron chi connectivity index (χ0n) is 9.67. The van der Waals surface area contributed by atoms with Crippen LogP contribution in [0.5, 0.6) is 0 Å².